The third-order valence-corrected chi connectivity index (χ3v) is 2.43. The molecule has 0 unspecified atom stereocenters. The molecule has 98 valence electrons. The van der Waals surface area contributed by atoms with Crippen LogP contribution in [0.2, 0.25) is 0 Å². The summed E-state index contributed by atoms with van der Waals surface area (Å²) in [6.07, 6.45) is -7.16. The van der Waals surface area contributed by atoms with Gasteiger partial charge in [0.25, 0.3) is 0 Å². The van der Waals surface area contributed by atoms with Gasteiger partial charge in [-0.05, 0) is 6.92 Å². The molecule has 7 heteroatoms. The van der Waals surface area contributed by atoms with Gasteiger partial charge in [0.1, 0.15) is 18.3 Å². The predicted octanol–water partition coefficient (Wildman–Crippen LogP) is -2.09. The molecule has 1 fully saturated rings. The fourth-order valence-electron chi connectivity index (χ4n) is 1.43. The largest absolute Gasteiger partial charge is 0.453 e. The van der Waals surface area contributed by atoms with E-state index in [-0.39, 0.29) is 5.57 Å². The van der Waals surface area contributed by atoms with Gasteiger partial charge in [-0.15, -0.1) is 0 Å². The van der Waals surface area contributed by atoms with Crippen molar-refractivity contribution in [3.05, 3.63) is 12.2 Å². The van der Waals surface area contributed by atoms with Crippen LogP contribution in [0, 0.1) is 0 Å². The molecule has 0 saturated carbocycles. The molecule has 1 aliphatic rings. The fourth-order valence-corrected chi connectivity index (χ4v) is 1.43. The molecule has 0 spiro atoms. The van der Waals surface area contributed by atoms with Gasteiger partial charge < -0.3 is 29.9 Å². The summed E-state index contributed by atoms with van der Waals surface area (Å²) in [6, 6.07) is 0. The molecule has 0 aromatic rings. The number of hydrogen-bond donors (Lipinski definition) is 4. The van der Waals surface area contributed by atoms with Crippen molar-refractivity contribution in [3.8, 4) is 0 Å². The zero-order chi connectivity index (χ0) is 13.2. The summed E-state index contributed by atoms with van der Waals surface area (Å²) in [7, 11) is 0. The second kappa shape index (κ2) is 5.56. The first-order chi connectivity index (χ1) is 7.88. The highest BCUT2D eigenvalue weighted by atomic mass is 16.7. The molecule has 17 heavy (non-hydrogen) atoms. The van der Waals surface area contributed by atoms with E-state index in [0.29, 0.717) is 0 Å². The van der Waals surface area contributed by atoms with Crippen molar-refractivity contribution in [1.29, 1.82) is 0 Å². The lowest BCUT2D eigenvalue weighted by Crippen LogP contribution is -2.59. The van der Waals surface area contributed by atoms with Gasteiger partial charge in [0.2, 0.25) is 0 Å². The van der Waals surface area contributed by atoms with Gasteiger partial charge >= 0.3 is 5.97 Å². The van der Waals surface area contributed by atoms with Crippen LogP contribution in [0.5, 0.6) is 0 Å². The van der Waals surface area contributed by atoms with Crippen LogP contribution in [0.4, 0.5) is 0 Å². The summed E-state index contributed by atoms with van der Waals surface area (Å²) >= 11 is 0. The van der Waals surface area contributed by atoms with E-state index in [1.54, 1.807) is 0 Å². The van der Waals surface area contributed by atoms with Crippen LogP contribution < -0.4 is 0 Å². The molecule has 0 aliphatic carbocycles. The number of rotatable bonds is 3. The summed E-state index contributed by atoms with van der Waals surface area (Å²) in [5, 5.41) is 37.4. The van der Waals surface area contributed by atoms with E-state index in [1.165, 1.54) is 6.92 Å². The van der Waals surface area contributed by atoms with Crippen LogP contribution >= 0.6 is 0 Å². The molecule has 4 N–H and O–H groups in total. The van der Waals surface area contributed by atoms with Gasteiger partial charge in [0.05, 0.1) is 6.61 Å². The van der Waals surface area contributed by atoms with Crippen molar-refractivity contribution in [1.82, 2.24) is 0 Å². The Bertz CT molecular complexity index is 303. The van der Waals surface area contributed by atoms with Crippen LogP contribution in [-0.4, -0.2) is 63.7 Å². The number of ether oxygens (including phenoxy) is 2. The summed E-state index contributed by atoms with van der Waals surface area (Å²) in [5.74, 6) is -0.807. The zero-order valence-corrected chi connectivity index (χ0v) is 9.31. The minimum absolute atomic E-state index is 0.0888. The number of esters is 1. The van der Waals surface area contributed by atoms with Crippen molar-refractivity contribution < 1.29 is 34.7 Å². The van der Waals surface area contributed by atoms with E-state index in [4.69, 9.17) is 14.6 Å². The molecule has 5 atom stereocenters. The first-order valence-corrected chi connectivity index (χ1v) is 5.05. The van der Waals surface area contributed by atoms with Crippen molar-refractivity contribution >= 4 is 5.97 Å². The van der Waals surface area contributed by atoms with Gasteiger partial charge in [0.15, 0.2) is 12.4 Å². The summed E-state index contributed by atoms with van der Waals surface area (Å²) in [4.78, 5) is 11.3. The number of aliphatic hydroxyl groups excluding tert-OH is 4. The maximum Gasteiger partial charge on any atom is 0.333 e. The van der Waals surface area contributed by atoms with Gasteiger partial charge in [-0.1, -0.05) is 6.58 Å². The van der Waals surface area contributed by atoms with Crippen LogP contribution in [0.3, 0.4) is 0 Å². The lowest BCUT2D eigenvalue weighted by Gasteiger charge is -2.39. The average molecular weight is 248 g/mol. The summed E-state index contributed by atoms with van der Waals surface area (Å²) in [6.45, 7) is 4.17. The molecular formula is C10H16O7. The van der Waals surface area contributed by atoms with Gasteiger partial charge in [-0.25, -0.2) is 4.79 Å². The molecule has 0 aromatic heterocycles. The Balaban J connectivity index is 2.78. The van der Waals surface area contributed by atoms with E-state index in [9.17, 15) is 20.1 Å². The van der Waals surface area contributed by atoms with Gasteiger partial charge in [0, 0.05) is 5.57 Å². The molecule has 1 saturated heterocycles. The van der Waals surface area contributed by atoms with E-state index >= 15 is 0 Å². The van der Waals surface area contributed by atoms with E-state index in [2.05, 4.69) is 6.58 Å². The van der Waals surface area contributed by atoms with Gasteiger partial charge in [-0.3, -0.25) is 0 Å². The van der Waals surface area contributed by atoms with E-state index in [1.807, 2.05) is 0 Å². The first kappa shape index (κ1) is 14.1. The van der Waals surface area contributed by atoms with Crippen molar-refractivity contribution in [2.75, 3.05) is 6.61 Å². The molecule has 0 radical (unpaired) electrons. The number of hydrogen-bond acceptors (Lipinski definition) is 7. The Hall–Kier alpha value is -0.990. The third kappa shape index (κ3) is 3.02. The molecule has 1 heterocycles. The lowest BCUT2D eigenvalue weighted by atomic mass is 9.99. The minimum Gasteiger partial charge on any atom is -0.453 e. The Morgan fingerprint density at radius 3 is 2.41 bits per heavy atom. The highest BCUT2D eigenvalue weighted by Crippen LogP contribution is 2.22. The lowest BCUT2D eigenvalue weighted by molar-refractivity contribution is -0.289. The second-order valence-corrected chi connectivity index (χ2v) is 3.88. The fraction of sp³-hybridized carbons (Fsp3) is 0.700. The predicted molar refractivity (Wildman–Crippen MR) is 54.7 cm³/mol. The Labute approximate surface area is 97.9 Å². The summed E-state index contributed by atoms with van der Waals surface area (Å²) < 4.78 is 9.51. The van der Waals surface area contributed by atoms with E-state index < -0.39 is 43.3 Å². The Kier molecular flexibility index (Phi) is 4.61. The minimum atomic E-state index is -1.64. The van der Waals surface area contributed by atoms with Crippen molar-refractivity contribution in [3.63, 3.8) is 0 Å². The van der Waals surface area contributed by atoms with Crippen LogP contribution in [-0.2, 0) is 14.3 Å². The first-order valence-electron chi connectivity index (χ1n) is 5.05. The quantitative estimate of drug-likeness (QED) is 0.334. The topological polar surface area (TPSA) is 116 Å². The standard InChI is InChI=1S/C10H16O7/c1-4(2)9(14)17-8-6(12)5(3-11)16-10(15)7(8)13/h5-8,10-13,15H,1,3H2,2H3/t5-,6-,7-,8+,10+/m1/s1. The Morgan fingerprint density at radius 2 is 1.94 bits per heavy atom. The Morgan fingerprint density at radius 1 is 1.35 bits per heavy atom. The molecule has 0 bridgehead atoms. The molecular weight excluding hydrogens is 232 g/mol. The van der Waals surface area contributed by atoms with Crippen LogP contribution in [0.1, 0.15) is 6.92 Å². The normalized spacial score (nSPS) is 37.6. The monoisotopic (exact) mass is 248 g/mol. The molecule has 0 aromatic carbocycles. The molecule has 0 amide bonds. The van der Waals surface area contributed by atoms with Crippen LogP contribution in [0.15, 0.2) is 12.2 Å². The average Bonchev–Trinajstić information content (AvgIpc) is 2.28. The third-order valence-electron chi connectivity index (χ3n) is 2.43. The zero-order valence-electron chi connectivity index (χ0n) is 9.31. The molecule has 7 nitrogen and oxygen atoms in total. The van der Waals surface area contributed by atoms with Crippen molar-refractivity contribution in [2.24, 2.45) is 0 Å². The van der Waals surface area contributed by atoms with Crippen molar-refractivity contribution in [2.45, 2.75) is 37.6 Å². The molecule has 1 rings (SSSR count). The van der Waals surface area contributed by atoms with E-state index in [0.717, 1.165) is 0 Å². The smallest absolute Gasteiger partial charge is 0.333 e. The summed E-state index contributed by atoms with van der Waals surface area (Å²) in [5.41, 5.74) is 0.0888. The number of carbonyl (C=O) groups excluding carboxylic acids is 1. The second-order valence-electron chi connectivity index (χ2n) is 3.88. The number of carbonyl (C=O) groups is 1. The SMILES string of the molecule is C=C(C)C(=O)O[C@@H]1[C@@H](O)[C@@H](O)O[C@H](CO)[C@H]1O. The maximum absolute atomic E-state index is 11.3. The van der Waals surface area contributed by atoms with Gasteiger partial charge in [-0.2, -0.15) is 0 Å². The number of aliphatic hydroxyl groups is 4. The maximum atomic E-state index is 11.3. The molecule has 1 aliphatic heterocycles. The highest BCUT2D eigenvalue weighted by Gasteiger charge is 2.46. The highest BCUT2D eigenvalue weighted by molar-refractivity contribution is 5.87. The van der Waals surface area contributed by atoms with Crippen LogP contribution in [0.25, 0.3) is 0 Å².